The SMILES string of the molecule is C=C(C)[C@]12C[C@@H]3C[C@@H](C)C(=O)[C@H](C1)[C@@]3(N1CCOCC1)CC2=O. The van der Waals surface area contributed by atoms with Crippen molar-refractivity contribution in [1.29, 1.82) is 0 Å². The van der Waals surface area contributed by atoms with Gasteiger partial charge in [-0.15, -0.1) is 0 Å². The second kappa shape index (κ2) is 5.00. The van der Waals surface area contributed by atoms with Crippen LogP contribution in [0.3, 0.4) is 0 Å². The quantitative estimate of drug-likeness (QED) is 0.733. The van der Waals surface area contributed by atoms with E-state index < -0.39 is 5.41 Å². The van der Waals surface area contributed by atoms with Gasteiger partial charge in [0.15, 0.2) is 0 Å². The van der Waals surface area contributed by atoms with E-state index in [0.29, 0.717) is 43.5 Å². The van der Waals surface area contributed by atoms with E-state index in [-0.39, 0.29) is 17.4 Å². The highest BCUT2D eigenvalue weighted by molar-refractivity contribution is 5.96. The molecule has 5 rings (SSSR count). The molecule has 5 aliphatic rings. The first-order chi connectivity index (χ1) is 10.9. The van der Waals surface area contributed by atoms with Crippen LogP contribution >= 0.6 is 0 Å². The first-order valence-electron chi connectivity index (χ1n) is 8.97. The largest absolute Gasteiger partial charge is 0.379 e. The molecule has 0 aromatic rings. The number of Topliss-reactive ketones (excluding diaryl/α,β-unsaturated/α-hetero) is 2. The van der Waals surface area contributed by atoms with E-state index in [0.717, 1.165) is 31.5 Å². The molecule has 126 valence electrons. The summed E-state index contributed by atoms with van der Waals surface area (Å²) in [5.41, 5.74) is 0.302. The van der Waals surface area contributed by atoms with Crippen molar-refractivity contribution in [2.24, 2.45) is 23.2 Å². The Labute approximate surface area is 138 Å². The lowest BCUT2D eigenvalue weighted by atomic mass is 9.41. The highest BCUT2D eigenvalue weighted by atomic mass is 16.5. The fraction of sp³-hybridized carbons (Fsp3) is 0.789. The zero-order chi connectivity index (χ0) is 16.4. The van der Waals surface area contributed by atoms with E-state index in [9.17, 15) is 9.59 Å². The summed E-state index contributed by atoms with van der Waals surface area (Å²) in [6.45, 7) is 11.3. The summed E-state index contributed by atoms with van der Waals surface area (Å²) in [4.78, 5) is 28.5. The second-order valence-electron chi connectivity index (χ2n) is 8.25. The zero-order valence-electron chi connectivity index (χ0n) is 14.3. The number of ether oxygens (including phenoxy) is 1. The fourth-order valence-electron chi connectivity index (χ4n) is 6.09. The van der Waals surface area contributed by atoms with Gasteiger partial charge in [-0.3, -0.25) is 14.5 Å². The number of rotatable bonds is 2. The maximum absolute atomic E-state index is 13.1. The van der Waals surface area contributed by atoms with Gasteiger partial charge in [-0.25, -0.2) is 0 Å². The number of hydrogen-bond acceptors (Lipinski definition) is 4. The predicted octanol–water partition coefficient (Wildman–Crippen LogP) is 2.23. The standard InChI is InChI=1S/C19H27NO3/c1-12(2)18-9-14-8-13(3)17(22)15(10-18)19(14,11-16(18)21)20-4-6-23-7-5-20/h13-15H,1,4-11H2,2-3H3/t13-,14+,15+,18+,19-/m1/s1. The van der Waals surface area contributed by atoms with Crippen molar-refractivity contribution >= 4 is 11.6 Å². The fourth-order valence-corrected chi connectivity index (χ4v) is 6.09. The normalized spacial score (nSPS) is 47.0. The predicted molar refractivity (Wildman–Crippen MR) is 87.0 cm³/mol. The third kappa shape index (κ3) is 1.85. The zero-order valence-corrected chi connectivity index (χ0v) is 14.3. The van der Waals surface area contributed by atoms with Gasteiger partial charge in [0.2, 0.25) is 0 Å². The van der Waals surface area contributed by atoms with Crippen LogP contribution in [0.25, 0.3) is 0 Å². The average molecular weight is 317 g/mol. The summed E-state index contributed by atoms with van der Waals surface area (Å²) >= 11 is 0. The Morgan fingerprint density at radius 2 is 1.96 bits per heavy atom. The molecule has 1 saturated heterocycles. The Morgan fingerprint density at radius 3 is 2.61 bits per heavy atom. The van der Waals surface area contributed by atoms with Crippen molar-refractivity contribution in [3.63, 3.8) is 0 Å². The van der Waals surface area contributed by atoms with Crippen LogP contribution in [0.15, 0.2) is 12.2 Å². The van der Waals surface area contributed by atoms with Crippen molar-refractivity contribution in [2.75, 3.05) is 26.3 Å². The van der Waals surface area contributed by atoms with E-state index >= 15 is 0 Å². The van der Waals surface area contributed by atoms with E-state index in [1.54, 1.807) is 0 Å². The van der Waals surface area contributed by atoms with Gasteiger partial charge in [0.05, 0.1) is 18.6 Å². The van der Waals surface area contributed by atoms with Crippen molar-refractivity contribution in [2.45, 2.75) is 45.1 Å². The highest BCUT2D eigenvalue weighted by Gasteiger charge is 2.69. The minimum atomic E-state index is -0.431. The number of fused-ring (bicyclic) bond motifs is 1. The maximum atomic E-state index is 13.1. The van der Waals surface area contributed by atoms with Crippen LogP contribution in [0.5, 0.6) is 0 Å². The van der Waals surface area contributed by atoms with Gasteiger partial charge in [-0.2, -0.15) is 0 Å². The maximum Gasteiger partial charge on any atom is 0.144 e. The minimum absolute atomic E-state index is 0.00231. The van der Waals surface area contributed by atoms with Crippen LogP contribution in [0, 0.1) is 23.2 Å². The van der Waals surface area contributed by atoms with Crippen molar-refractivity contribution in [1.82, 2.24) is 4.90 Å². The van der Waals surface area contributed by atoms with Crippen LogP contribution in [0.1, 0.15) is 39.5 Å². The molecule has 4 bridgehead atoms. The number of ketones is 2. The van der Waals surface area contributed by atoms with Gasteiger partial charge in [0.25, 0.3) is 0 Å². The number of hydrogen-bond donors (Lipinski definition) is 0. The van der Waals surface area contributed by atoms with Gasteiger partial charge < -0.3 is 4.74 Å². The van der Waals surface area contributed by atoms with E-state index in [1.165, 1.54) is 0 Å². The molecule has 1 aliphatic heterocycles. The molecule has 5 fully saturated rings. The molecule has 4 aliphatic carbocycles. The summed E-state index contributed by atoms with van der Waals surface area (Å²) in [6.07, 6.45) is 3.05. The number of carbonyl (C=O) groups excluding carboxylic acids is 2. The van der Waals surface area contributed by atoms with Crippen LogP contribution in [-0.2, 0) is 14.3 Å². The Hall–Kier alpha value is -1.00. The van der Waals surface area contributed by atoms with Crippen LogP contribution in [-0.4, -0.2) is 48.3 Å². The van der Waals surface area contributed by atoms with Gasteiger partial charge in [0.1, 0.15) is 11.6 Å². The van der Waals surface area contributed by atoms with Gasteiger partial charge in [-0.05, 0) is 32.1 Å². The topological polar surface area (TPSA) is 46.6 Å². The smallest absolute Gasteiger partial charge is 0.144 e. The summed E-state index contributed by atoms with van der Waals surface area (Å²) < 4.78 is 5.52. The Morgan fingerprint density at radius 1 is 1.26 bits per heavy atom. The Balaban J connectivity index is 1.81. The molecule has 0 amide bonds. The molecule has 0 aromatic carbocycles. The molecule has 0 unspecified atom stereocenters. The lowest BCUT2D eigenvalue weighted by Crippen LogP contribution is -2.74. The van der Waals surface area contributed by atoms with Gasteiger partial charge in [-0.1, -0.05) is 19.1 Å². The summed E-state index contributed by atoms with van der Waals surface area (Å²) in [5, 5.41) is 0. The molecule has 0 N–H and O–H groups in total. The molecule has 5 atom stereocenters. The third-order valence-corrected chi connectivity index (χ3v) is 7.32. The van der Waals surface area contributed by atoms with Crippen molar-refractivity contribution in [3.8, 4) is 0 Å². The first-order valence-corrected chi connectivity index (χ1v) is 8.97. The third-order valence-electron chi connectivity index (χ3n) is 7.32. The Kier molecular flexibility index (Phi) is 3.37. The average Bonchev–Trinajstić information content (AvgIpc) is 2.54. The number of nitrogens with zero attached hydrogens (tertiary/aromatic N) is 1. The van der Waals surface area contributed by atoms with Crippen molar-refractivity contribution < 1.29 is 14.3 Å². The monoisotopic (exact) mass is 317 g/mol. The van der Waals surface area contributed by atoms with Gasteiger partial charge >= 0.3 is 0 Å². The van der Waals surface area contributed by atoms with Crippen LogP contribution in [0.4, 0.5) is 0 Å². The van der Waals surface area contributed by atoms with E-state index in [4.69, 9.17) is 4.74 Å². The number of carbonyl (C=O) groups is 2. The first kappa shape index (κ1) is 15.5. The molecular weight excluding hydrogens is 290 g/mol. The van der Waals surface area contributed by atoms with Crippen molar-refractivity contribution in [3.05, 3.63) is 12.2 Å². The molecule has 0 spiro atoms. The number of morpholine rings is 1. The molecule has 4 heteroatoms. The van der Waals surface area contributed by atoms with Crippen LogP contribution < -0.4 is 0 Å². The number of allylic oxidation sites excluding steroid dienone is 1. The second-order valence-corrected chi connectivity index (χ2v) is 8.25. The molecule has 0 radical (unpaired) electrons. The van der Waals surface area contributed by atoms with Crippen LogP contribution in [0.2, 0.25) is 0 Å². The minimum Gasteiger partial charge on any atom is -0.379 e. The molecule has 4 saturated carbocycles. The summed E-state index contributed by atoms with van der Waals surface area (Å²) in [6, 6.07) is 0. The van der Waals surface area contributed by atoms with Gasteiger partial charge in [0, 0.05) is 36.9 Å². The lowest BCUT2D eigenvalue weighted by Gasteiger charge is -2.67. The van der Waals surface area contributed by atoms with E-state index in [2.05, 4.69) is 18.4 Å². The molecule has 23 heavy (non-hydrogen) atoms. The van der Waals surface area contributed by atoms with E-state index in [1.807, 2.05) is 6.92 Å². The molecular formula is C19H27NO3. The summed E-state index contributed by atoms with van der Waals surface area (Å²) in [7, 11) is 0. The molecule has 0 aromatic heterocycles. The highest BCUT2D eigenvalue weighted by Crippen LogP contribution is 2.64. The lowest BCUT2D eigenvalue weighted by molar-refractivity contribution is -0.188. The molecule has 1 heterocycles. The summed E-state index contributed by atoms with van der Waals surface area (Å²) in [5.74, 6) is 1.27. The molecule has 4 nitrogen and oxygen atoms in total. The Bertz CT molecular complexity index is 579.